The van der Waals surface area contributed by atoms with Crippen LogP contribution in [0.1, 0.15) is 30.1 Å². The van der Waals surface area contributed by atoms with Gasteiger partial charge in [-0.2, -0.15) is 0 Å². The van der Waals surface area contributed by atoms with Gasteiger partial charge in [-0.3, -0.25) is 10.1 Å². The Hall–Kier alpha value is -1.95. The molecule has 1 aliphatic heterocycles. The number of carbonyl (C=O) groups is 1. The van der Waals surface area contributed by atoms with Crippen LogP contribution in [0.3, 0.4) is 0 Å². The number of rotatable bonds is 6. The SMILES string of the molecule is Cl.O=C([C@H](NCc1ccccc1)[C@@H](O)c1ccc(F)cc1)N1CCCC1. The molecule has 140 valence electrons. The van der Waals surface area contributed by atoms with Gasteiger partial charge in [-0.15, -0.1) is 12.4 Å². The third-order valence-corrected chi connectivity index (χ3v) is 4.58. The smallest absolute Gasteiger partial charge is 0.242 e. The normalized spacial score (nSPS) is 16.0. The van der Waals surface area contributed by atoms with Crippen molar-refractivity contribution in [1.82, 2.24) is 10.2 Å². The number of amides is 1. The molecule has 26 heavy (non-hydrogen) atoms. The van der Waals surface area contributed by atoms with E-state index in [0.717, 1.165) is 31.5 Å². The molecule has 0 unspecified atom stereocenters. The Morgan fingerprint density at radius 1 is 1.08 bits per heavy atom. The number of hydrogen-bond donors (Lipinski definition) is 2. The number of aliphatic hydroxyl groups excluding tert-OH is 1. The van der Waals surface area contributed by atoms with Crippen LogP contribution in [0.4, 0.5) is 4.39 Å². The molecular formula is C20H24ClFN2O2. The van der Waals surface area contributed by atoms with Crippen molar-refractivity contribution in [2.45, 2.75) is 31.5 Å². The van der Waals surface area contributed by atoms with E-state index in [1.807, 2.05) is 30.3 Å². The third-order valence-electron chi connectivity index (χ3n) is 4.58. The summed E-state index contributed by atoms with van der Waals surface area (Å²) in [6, 6.07) is 14.6. The lowest BCUT2D eigenvalue weighted by Crippen LogP contribution is -2.48. The van der Waals surface area contributed by atoms with Gasteiger partial charge >= 0.3 is 0 Å². The van der Waals surface area contributed by atoms with Crippen LogP contribution in [0, 0.1) is 5.82 Å². The molecule has 3 rings (SSSR count). The highest BCUT2D eigenvalue weighted by Gasteiger charge is 2.32. The number of halogens is 2. The van der Waals surface area contributed by atoms with Crippen LogP contribution in [0.5, 0.6) is 0 Å². The van der Waals surface area contributed by atoms with Crippen molar-refractivity contribution in [3.05, 3.63) is 71.5 Å². The zero-order valence-electron chi connectivity index (χ0n) is 14.5. The van der Waals surface area contributed by atoms with E-state index in [9.17, 15) is 14.3 Å². The van der Waals surface area contributed by atoms with Crippen molar-refractivity contribution >= 4 is 18.3 Å². The molecule has 1 saturated heterocycles. The monoisotopic (exact) mass is 378 g/mol. The fourth-order valence-corrected chi connectivity index (χ4v) is 3.14. The molecule has 0 aromatic heterocycles. The molecule has 0 saturated carbocycles. The van der Waals surface area contributed by atoms with Crippen LogP contribution in [0.15, 0.2) is 54.6 Å². The second-order valence-electron chi connectivity index (χ2n) is 6.37. The van der Waals surface area contributed by atoms with E-state index in [0.29, 0.717) is 12.1 Å². The van der Waals surface area contributed by atoms with Gasteiger partial charge in [0.05, 0.1) is 0 Å². The van der Waals surface area contributed by atoms with Crippen molar-refractivity contribution in [3.8, 4) is 0 Å². The summed E-state index contributed by atoms with van der Waals surface area (Å²) in [5.41, 5.74) is 1.56. The van der Waals surface area contributed by atoms with Crippen LogP contribution >= 0.6 is 12.4 Å². The Morgan fingerprint density at radius 2 is 1.69 bits per heavy atom. The van der Waals surface area contributed by atoms with Gasteiger partial charge in [-0.05, 0) is 36.1 Å². The molecule has 6 heteroatoms. The van der Waals surface area contributed by atoms with Gasteiger partial charge in [-0.25, -0.2) is 4.39 Å². The fourth-order valence-electron chi connectivity index (χ4n) is 3.14. The van der Waals surface area contributed by atoms with Gasteiger partial charge in [0.2, 0.25) is 5.91 Å². The van der Waals surface area contributed by atoms with Gasteiger partial charge in [-0.1, -0.05) is 42.5 Å². The summed E-state index contributed by atoms with van der Waals surface area (Å²) in [6.07, 6.45) is 0.950. The number of hydrogen-bond acceptors (Lipinski definition) is 3. The molecule has 1 fully saturated rings. The van der Waals surface area contributed by atoms with Gasteiger partial charge in [0.1, 0.15) is 18.0 Å². The summed E-state index contributed by atoms with van der Waals surface area (Å²) in [5.74, 6) is -0.471. The van der Waals surface area contributed by atoms with Crippen LogP contribution in [0.2, 0.25) is 0 Å². The van der Waals surface area contributed by atoms with Gasteiger partial charge in [0.25, 0.3) is 0 Å². The van der Waals surface area contributed by atoms with E-state index in [2.05, 4.69) is 5.32 Å². The lowest BCUT2D eigenvalue weighted by molar-refractivity contribution is -0.135. The number of carbonyl (C=O) groups excluding carboxylic acids is 1. The highest BCUT2D eigenvalue weighted by Crippen LogP contribution is 2.21. The van der Waals surface area contributed by atoms with E-state index in [1.54, 1.807) is 4.90 Å². The number of nitrogens with one attached hydrogen (secondary N) is 1. The summed E-state index contributed by atoms with van der Waals surface area (Å²) in [5, 5.41) is 13.9. The fraction of sp³-hybridized carbons (Fsp3) is 0.350. The van der Waals surface area contributed by atoms with Crippen molar-refractivity contribution in [1.29, 1.82) is 0 Å². The third kappa shape index (κ3) is 5.04. The topological polar surface area (TPSA) is 52.6 Å². The van der Waals surface area contributed by atoms with Crippen LogP contribution in [0.25, 0.3) is 0 Å². The standard InChI is InChI=1S/C20H23FN2O2.ClH/c21-17-10-8-16(9-11-17)19(24)18(20(25)23-12-4-5-13-23)22-14-15-6-2-1-3-7-15;/h1-3,6-11,18-19,22,24H,4-5,12-14H2;1H/t18-,19+;/m1./s1. The van der Waals surface area contributed by atoms with Gasteiger partial charge < -0.3 is 10.0 Å². The molecular weight excluding hydrogens is 355 g/mol. The van der Waals surface area contributed by atoms with Crippen LogP contribution < -0.4 is 5.32 Å². The molecule has 1 aliphatic rings. The predicted molar refractivity (Wildman–Crippen MR) is 101 cm³/mol. The van der Waals surface area contributed by atoms with Crippen molar-refractivity contribution in [3.63, 3.8) is 0 Å². The highest BCUT2D eigenvalue weighted by atomic mass is 35.5. The maximum absolute atomic E-state index is 13.2. The number of benzene rings is 2. The summed E-state index contributed by atoms with van der Waals surface area (Å²) in [4.78, 5) is 14.7. The van der Waals surface area contributed by atoms with E-state index < -0.39 is 12.1 Å². The number of nitrogens with zero attached hydrogens (tertiary/aromatic N) is 1. The molecule has 2 aromatic rings. The summed E-state index contributed by atoms with van der Waals surface area (Å²) in [6.45, 7) is 1.92. The zero-order chi connectivity index (χ0) is 17.6. The van der Waals surface area contributed by atoms with Crippen LogP contribution in [-0.2, 0) is 11.3 Å². The maximum Gasteiger partial charge on any atom is 0.242 e. The molecule has 0 aliphatic carbocycles. The lowest BCUT2D eigenvalue weighted by atomic mass is 10.0. The second kappa shape index (κ2) is 9.67. The van der Waals surface area contributed by atoms with Crippen molar-refractivity contribution < 1.29 is 14.3 Å². The first-order chi connectivity index (χ1) is 12.1. The number of aliphatic hydroxyl groups is 1. The number of likely N-dealkylation sites (tertiary alicyclic amines) is 1. The quantitative estimate of drug-likeness (QED) is 0.812. The van der Waals surface area contributed by atoms with Gasteiger partial charge in [0, 0.05) is 19.6 Å². The first-order valence-electron chi connectivity index (χ1n) is 8.65. The van der Waals surface area contributed by atoms with E-state index in [4.69, 9.17) is 0 Å². The molecule has 2 aromatic carbocycles. The molecule has 0 spiro atoms. The summed E-state index contributed by atoms with van der Waals surface area (Å²) >= 11 is 0. The van der Waals surface area contributed by atoms with Crippen molar-refractivity contribution in [2.75, 3.05) is 13.1 Å². The predicted octanol–water partition coefficient (Wildman–Crippen LogP) is 3.06. The minimum absolute atomic E-state index is 0. The minimum atomic E-state index is -1.03. The van der Waals surface area contributed by atoms with E-state index in [-0.39, 0.29) is 24.1 Å². The van der Waals surface area contributed by atoms with Gasteiger partial charge in [0.15, 0.2) is 0 Å². The molecule has 1 heterocycles. The largest absolute Gasteiger partial charge is 0.386 e. The molecule has 0 bridgehead atoms. The first-order valence-corrected chi connectivity index (χ1v) is 8.65. The van der Waals surface area contributed by atoms with E-state index in [1.165, 1.54) is 24.3 Å². The summed E-state index contributed by atoms with van der Waals surface area (Å²) in [7, 11) is 0. The molecule has 2 N–H and O–H groups in total. The molecule has 4 nitrogen and oxygen atoms in total. The molecule has 1 amide bonds. The lowest BCUT2D eigenvalue weighted by Gasteiger charge is -2.28. The Labute approximate surface area is 159 Å². The Morgan fingerprint density at radius 3 is 2.31 bits per heavy atom. The first kappa shape index (κ1) is 20.4. The van der Waals surface area contributed by atoms with Crippen molar-refractivity contribution in [2.24, 2.45) is 0 Å². The van der Waals surface area contributed by atoms with E-state index >= 15 is 0 Å². The summed E-state index contributed by atoms with van der Waals surface area (Å²) < 4.78 is 13.2. The Bertz CT molecular complexity index is 691. The Balaban J connectivity index is 0.00000243. The zero-order valence-corrected chi connectivity index (χ0v) is 15.3. The van der Waals surface area contributed by atoms with Crippen LogP contribution in [-0.4, -0.2) is 35.0 Å². The maximum atomic E-state index is 13.2. The molecule has 0 radical (unpaired) electrons. The highest BCUT2D eigenvalue weighted by molar-refractivity contribution is 5.85. The average molecular weight is 379 g/mol. The average Bonchev–Trinajstić information content (AvgIpc) is 3.18. The Kier molecular flexibility index (Phi) is 7.57. The minimum Gasteiger partial charge on any atom is -0.386 e. The second-order valence-corrected chi connectivity index (χ2v) is 6.37. The molecule has 2 atom stereocenters.